The van der Waals surface area contributed by atoms with Crippen molar-refractivity contribution < 1.29 is 30.3 Å². The van der Waals surface area contributed by atoms with Gasteiger partial charge < -0.3 is 4.98 Å². The molecule has 0 saturated heterocycles. The molecule has 0 bridgehead atoms. The number of thiophene rings is 1. The topological polar surface area (TPSA) is 38.9 Å². The van der Waals surface area contributed by atoms with Gasteiger partial charge in [-0.3, -0.25) is 0 Å². The number of nitrogens with zero attached hydrogens (tertiary/aromatic N) is 2. The molecule has 0 spiro atoms. The zero-order valence-corrected chi connectivity index (χ0v) is 35.4. The summed E-state index contributed by atoms with van der Waals surface area (Å²) in [5.41, 5.74) is 8.42. The van der Waals surface area contributed by atoms with Crippen molar-refractivity contribution in [3.05, 3.63) is 151 Å². The average molecular weight is 951 g/mol. The molecule has 9 rings (SSSR count). The van der Waals surface area contributed by atoms with Crippen LogP contribution in [0.5, 0.6) is 0 Å². The Hall–Kier alpha value is -4.46. The molecule has 0 aliphatic heterocycles. The van der Waals surface area contributed by atoms with Crippen LogP contribution in [0.2, 0.25) is 17.3 Å². The summed E-state index contributed by atoms with van der Waals surface area (Å²) in [7, 11) is 0. The molecule has 0 aliphatic carbocycles. The van der Waals surface area contributed by atoms with Crippen LogP contribution in [0.3, 0.4) is 0 Å². The van der Waals surface area contributed by atoms with Crippen molar-refractivity contribution in [2.24, 2.45) is 0 Å². The number of pyridine rings is 2. The third-order valence-corrected chi connectivity index (χ3v) is 15.0. The van der Waals surface area contributed by atoms with Gasteiger partial charge in [-0.1, -0.05) is 61.2 Å². The van der Waals surface area contributed by atoms with Crippen molar-refractivity contribution in [1.82, 2.24) is 9.97 Å². The standard InChI is InChI=1S/C26H19FNS.C20H18GeNO.Ir/c1-16(2)18-13-14-28-24(15-18)23-8-4-7-22-21-6-3-5-20(25(21)29-26(22)23)17-9-11-19(27)12-10-17;1-21(2,3)14-11-12-18(22-13-14)17-9-6-8-16-15-7-4-5-10-19(15)23-20(16)17;/h3-7,9-16H,1-2H3;4-8,10-13H,1-3H3;/q2*-1;/i16D;;. The summed E-state index contributed by atoms with van der Waals surface area (Å²) in [6.45, 7) is 3.76. The van der Waals surface area contributed by atoms with Gasteiger partial charge in [-0.05, 0) is 51.0 Å². The normalized spacial score (nSPS) is 12.1. The molecule has 0 unspecified atom stereocenters. The minimum Gasteiger partial charge on any atom is 0 e. The first-order chi connectivity index (χ1) is 25.5. The third kappa shape index (κ3) is 7.26. The Bertz CT molecular complexity index is 2770. The van der Waals surface area contributed by atoms with Crippen LogP contribution in [-0.2, 0) is 20.1 Å². The molecule has 5 aromatic carbocycles. The summed E-state index contributed by atoms with van der Waals surface area (Å²) in [4.78, 5) is 9.28. The number of furan rings is 1. The van der Waals surface area contributed by atoms with Gasteiger partial charge in [0.15, 0.2) is 0 Å². The monoisotopic (exact) mass is 952 g/mol. The minimum atomic E-state index is -1.83. The molecule has 4 heterocycles. The Morgan fingerprint density at radius 3 is 2.19 bits per heavy atom. The fourth-order valence-corrected chi connectivity index (χ4v) is 10.1. The molecule has 1 radical (unpaired) electrons. The molecular formula is C46H37FGeIrN2OS-2. The van der Waals surface area contributed by atoms with Crippen molar-refractivity contribution in [3.63, 3.8) is 0 Å². The first-order valence-electron chi connectivity index (χ1n) is 17.8. The Morgan fingerprint density at radius 2 is 1.45 bits per heavy atom. The maximum absolute atomic E-state index is 13.4. The van der Waals surface area contributed by atoms with E-state index in [4.69, 9.17) is 10.8 Å². The summed E-state index contributed by atoms with van der Waals surface area (Å²) in [6, 6.07) is 44.0. The van der Waals surface area contributed by atoms with Crippen molar-refractivity contribution in [2.75, 3.05) is 0 Å². The van der Waals surface area contributed by atoms with Crippen molar-refractivity contribution in [2.45, 2.75) is 37.0 Å². The van der Waals surface area contributed by atoms with Crippen molar-refractivity contribution in [1.29, 1.82) is 0 Å². The van der Waals surface area contributed by atoms with Crippen LogP contribution in [-0.4, -0.2) is 23.2 Å². The van der Waals surface area contributed by atoms with E-state index in [9.17, 15) is 4.39 Å². The van der Waals surface area contributed by atoms with Gasteiger partial charge in [0, 0.05) is 32.4 Å². The zero-order valence-electron chi connectivity index (χ0n) is 31.0. The van der Waals surface area contributed by atoms with Crippen LogP contribution >= 0.6 is 11.3 Å². The number of benzene rings is 5. The van der Waals surface area contributed by atoms with Crippen LogP contribution in [0.25, 0.3) is 75.8 Å². The van der Waals surface area contributed by atoms with Gasteiger partial charge in [-0.15, -0.1) is 23.8 Å². The van der Waals surface area contributed by atoms with Gasteiger partial charge >= 0.3 is 138 Å². The van der Waals surface area contributed by atoms with Gasteiger partial charge in [-0.2, -0.15) is 11.3 Å². The minimum absolute atomic E-state index is 0. The quantitative estimate of drug-likeness (QED) is 0.127. The van der Waals surface area contributed by atoms with E-state index < -0.39 is 19.2 Å². The van der Waals surface area contributed by atoms with E-state index in [2.05, 4.69) is 76.8 Å². The molecule has 53 heavy (non-hydrogen) atoms. The Balaban J connectivity index is 0.000000169. The van der Waals surface area contributed by atoms with E-state index >= 15 is 0 Å². The van der Waals surface area contributed by atoms with E-state index in [0.29, 0.717) is 0 Å². The maximum Gasteiger partial charge on any atom is 0 e. The SMILES string of the molecule is [2H]C(C)(C)c1ccnc(-c2[c-]ccc3c2sc2c(-c4ccc(F)cc4)cccc23)c1.[CH3][Ge]([CH3])([CH3])[c]1ccc(-c2[c-]ccc3c2oc2ccccc23)nc1.[Ir]. The number of hydrogen-bond donors (Lipinski definition) is 0. The predicted molar refractivity (Wildman–Crippen MR) is 220 cm³/mol. The third-order valence-electron chi connectivity index (χ3n) is 9.43. The Kier molecular flexibility index (Phi) is 10.1. The van der Waals surface area contributed by atoms with Gasteiger partial charge in [0.05, 0.1) is 0 Å². The van der Waals surface area contributed by atoms with Gasteiger partial charge in [-0.25, -0.2) is 4.39 Å². The van der Waals surface area contributed by atoms with E-state index in [0.717, 1.165) is 75.9 Å². The van der Waals surface area contributed by atoms with Crippen LogP contribution in [0, 0.1) is 17.9 Å². The second kappa shape index (κ2) is 15.1. The fourth-order valence-electron chi connectivity index (χ4n) is 6.55. The van der Waals surface area contributed by atoms with Crippen LogP contribution in [0.1, 0.15) is 26.7 Å². The smallest absolute Gasteiger partial charge is 0 e. The number of rotatable bonds is 5. The Labute approximate surface area is 331 Å². The van der Waals surface area contributed by atoms with E-state index in [1.54, 1.807) is 17.5 Å². The molecule has 265 valence electrons. The second-order valence-electron chi connectivity index (χ2n) is 14.2. The molecule has 0 aliphatic rings. The number of hydrogen-bond acceptors (Lipinski definition) is 4. The average Bonchev–Trinajstić information content (AvgIpc) is 3.74. The largest absolute Gasteiger partial charge is 0 e. The molecule has 0 amide bonds. The summed E-state index contributed by atoms with van der Waals surface area (Å²) >= 11 is -0.124. The predicted octanol–water partition coefficient (Wildman–Crippen LogP) is 12.8. The van der Waals surface area contributed by atoms with E-state index in [-0.39, 0.29) is 25.9 Å². The van der Waals surface area contributed by atoms with Crippen LogP contribution in [0.15, 0.2) is 132 Å². The number of aromatic nitrogens is 2. The summed E-state index contributed by atoms with van der Waals surface area (Å²) in [5, 5.41) is 4.59. The second-order valence-corrected chi connectivity index (χ2v) is 25.9. The van der Waals surface area contributed by atoms with Gasteiger partial charge in [0.25, 0.3) is 0 Å². The first-order valence-corrected chi connectivity index (χ1v) is 25.5. The summed E-state index contributed by atoms with van der Waals surface area (Å²) in [6.07, 6.45) is 3.80. The maximum atomic E-state index is 13.4. The molecule has 4 aromatic heterocycles. The number of para-hydroxylation sites is 1. The summed E-state index contributed by atoms with van der Waals surface area (Å²) in [5.74, 6) is 6.21. The number of halogens is 1. The van der Waals surface area contributed by atoms with Crippen molar-refractivity contribution >= 4 is 71.1 Å². The van der Waals surface area contributed by atoms with E-state index in [1.165, 1.54) is 21.9 Å². The van der Waals surface area contributed by atoms with Gasteiger partial charge in [0.2, 0.25) is 0 Å². The van der Waals surface area contributed by atoms with E-state index in [1.807, 2.05) is 80.7 Å². The van der Waals surface area contributed by atoms with Crippen LogP contribution < -0.4 is 4.40 Å². The van der Waals surface area contributed by atoms with Gasteiger partial charge in [0.1, 0.15) is 5.82 Å². The molecule has 3 nitrogen and oxygen atoms in total. The Morgan fingerprint density at radius 1 is 0.736 bits per heavy atom. The molecule has 0 atom stereocenters. The molecule has 9 aromatic rings. The molecule has 0 saturated carbocycles. The molecule has 7 heteroatoms. The fraction of sp³-hybridized carbons (Fsp3) is 0.130. The van der Waals surface area contributed by atoms with Crippen molar-refractivity contribution in [3.8, 4) is 33.6 Å². The molecular weight excluding hydrogens is 912 g/mol. The zero-order chi connectivity index (χ0) is 36.9. The number of fused-ring (bicyclic) bond motifs is 6. The summed E-state index contributed by atoms with van der Waals surface area (Å²) < 4.78 is 31.5. The van der Waals surface area contributed by atoms with Crippen LogP contribution in [0.4, 0.5) is 4.39 Å². The molecule has 0 fully saturated rings. The first kappa shape index (κ1) is 35.6. The molecule has 0 N–H and O–H groups in total.